The molecule has 2 rings (SSSR count). The van der Waals surface area contributed by atoms with Gasteiger partial charge in [0.1, 0.15) is 0 Å². The lowest BCUT2D eigenvalue weighted by atomic mass is 9.99. The standard InChI is InChI=1S/C17H23N3/c1-2-15-11-7-13-19-17(15)16(20-18)12-6-10-14-8-4-3-5-9-14/h3-5,7-9,11,13,16,20H,2,6,10,12,18H2,1H3. The highest BCUT2D eigenvalue weighted by molar-refractivity contribution is 5.23. The molecule has 1 heterocycles. The Kier molecular flexibility index (Phi) is 5.71. The van der Waals surface area contributed by atoms with E-state index in [2.05, 4.69) is 53.7 Å². The third-order valence-corrected chi connectivity index (χ3v) is 3.64. The largest absolute Gasteiger partial charge is 0.271 e. The summed E-state index contributed by atoms with van der Waals surface area (Å²) in [4.78, 5) is 4.50. The van der Waals surface area contributed by atoms with E-state index < -0.39 is 0 Å². The van der Waals surface area contributed by atoms with Gasteiger partial charge < -0.3 is 0 Å². The first kappa shape index (κ1) is 14.7. The van der Waals surface area contributed by atoms with Crippen LogP contribution in [0.25, 0.3) is 0 Å². The Balaban J connectivity index is 1.95. The smallest absolute Gasteiger partial charge is 0.0635 e. The molecule has 0 saturated carbocycles. The minimum atomic E-state index is 0.134. The first-order valence-electron chi connectivity index (χ1n) is 7.29. The van der Waals surface area contributed by atoms with Gasteiger partial charge in [-0.2, -0.15) is 0 Å². The zero-order valence-electron chi connectivity index (χ0n) is 12.0. The van der Waals surface area contributed by atoms with Crippen LogP contribution in [-0.2, 0) is 12.8 Å². The number of hydrazine groups is 1. The van der Waals surface area contributed by atoms with Crippen molar-refractivity contribution >= 4 is 0 Å². The van der Waals surface area contributed by atoms with Crippen molar-refractivity contribution in [1.82, 2.24) is 10.4 Å². The molecule has 3 N–H and O–H groups in total. The highest BCUT2D eigenvalue weighted by Crippen LogP contribution is 2.21. The summed E-state index contributed by atoms with van der Waals surface area (Å²) in [5, 5.41) is 0. The molecule has 0 aliphatic rings. The predicted molar refractivity (Wildman–Crippen MR) is 83.1 cm³/mol. The van der Waals surface area contributed by atoms with E-state index in [0.717, 1.165) is 31.4 Å². The number of rotatable bonds is 7. The Morgan fingerprint density at radius 2 is 1.95 bits per heavy atom. The van der Waals surface area contributed by atoms with Gasteiger partial charge in [-0.05, 0) is 42.9 Å². The molecule has 0 spiro atoms. The summed E-state index contributed by atoms with van der Waals surface area (Å²) in [5.41, 5.74) is 6.65. The van der Waals surface area contributed by atoms with Crippen LogP contribution in [0.3, 0.4) is 0 Å². The number of nitrogens with one attached hydrogen (secondary N) is 1. The molecule has 0 aliphatic heterocycles. The zero-order valence-corrected chi connectivity index (χ0v) is 12.0. The minimum Gasteiger partial charge on any atom is -0.271 e. The Morgan fingerprint density at radius 3 is 2.65 bits per heavy atom. The van der Waals surface area contributed by atoms with Crippen LogP contribution in [-0.4, -0.2) is 4.98 Å². The number of hydrogen-bond donors (Lipinski definition) is 2. The molecular formula is C17H23N3. The molecular weight excluding hydrogens is 246 g/mol. The topological polar surface area (TPSA) is 50.9 Å². The van der Waals surface area contributed by atoms with Crippen molar-refractivity contribution in [3.8, 4) is 0 Å². The lowest BCUT2D eigenvalue weighted by Gasteiger charge is -2.18. The van der Waals surface area contributed by atoms with Crippen LogP contribution in [0.5, 0.6) is 0 Å². The molecule has 1 aromatic carbocycles. The first-order chi connectivity index (χ1) is 9.85. The second-order valence-corrected chi connectivity index (χ2v) is 5.00. The van der Waals surface area contributed by atoms with Gasteiger partial charge in [-0.25, -0.2) is 0 Å². The van der Waals surface area contributed by atoms with Crippen LogP contribution < -0.4 is 11.3 Å². The van der Waals surface area contributed by atoms with Crippen molar-refractivity contribution in [1.29, 1.82) is 0 Å². The van der Waals surface area contributed by atoms with E-state index in [-0.39, 0.29) is 6.04 Å². The number of nitrogens with two attached hydrogens (primary N) is 1. The molecule has 0 saturated heterocycles. The lowest BCUT2D eigenvalue weighted by Crippen LogP contribution is -2.29. The molecule has 1 unspecified atom stereocenters. The van der Waals surface area contributed by atoms with Crippen molar-refractivity contribution in [2.24, 2.45) is 5.84 Å². The summed E-state index contributed by atoms with van der Waals surface area (Å²) in [6.45, 7) is 2.15. The van der Waals surface area contributed by atoms with Gasteiger partial charge in [0.05, 0.1) is 11.7 Å². The highest BCUT2D eigenvalue weighted by Gasteiger charge is 2.14. The number of hydrogen-bond acceptors (Lipinski definition) is 3. The monoisotopic (exact) mass is 269 g/mol. The van der Waals surface area contributed by atoms with Crippen molar-refractivity contribution in [3.63, 3.8) is 0 Å². The average molecular weight is 269 g/mol. The molecule has 1 aromatic heterocycles. The number of nitrogens with zero attached hydrogens (tertiary/aromatic N) is 1. The van der Waals surface area contributed by atoms with Gasteiger partial charge in [0.2, 0.25) is 0 Å². The molecule has 20 heavy (non-hydrogen) atoms. The fourth-order valence-corrected chi connectivity index (χ4v) is 2.52. The maximum Gasteiger partial charge on any atom is 0.0635 e. The molecule has 0 bridgehead atoms. The van der Waals surface area contributed by atoms with Crippen LogP contribution in [0.2, 0.25) is 0 Å². The van der Waals surface area contributed by atoms with E-state index in [9.17, 15) is 0 Å². The maximum absolute atomic E-state index is 5.72. The van der Waals surface area contributed by atoms with Gasteiger partial charge in [0.15, 0.2) is 0 Å². The summed E-state index contributed by atoms with van der Waals surface area (Å²) in [7, 11) is 0. The highest BCUT2D eigenvalue weighted by atomic mass is 15.2. The van der Waals surface area contributed by atoms with Crippen molar-refractivity contribution in [3.05, 3.63) is 65.5 Å². The van der Waals surface area contributed by atoms with E-state index >= 15 is 0 Å². The van der Waals surface area contributed by atoms with E-state index in [0.29, 0.717) is 0 Å². The average Bonchev–Trinajstić information content (AvgIpc) is 2.53. The second-order valence-electron chi connectivity index (χ2n) is 5.00. The first-order valence-corrected chi connectivity index (χ1v) is 7.29. The van der Waals surface area contributed by atoms with Crippen LogP contribution in [0.1, 0.15) is 42.6 Å². The fourth-order valence-electron chi connectivity index (χ4n) is 2.52. The van der Waals surface area contributed by atoms with Gasteiger partial charge in [0.25, 0.3) is 0 Å². The SMILES string of the molecule is CCc1cccnc1C(CCCc1ccccc1)NN. The molecule has 0 amide bonds. The van der Waals surface area contributed by atoms with Crippen molar-refractivity contribution < 1.29 is 0 Å². The predicted octanol–water partition coefficient (Wildman–Crippen LogP) is 3.17. The quantitative estimate of drug-likeness (QED) is 0.599. The summed E-state index contributed by atoms with van der Waals surface area (Å²) in [6.07, 6.45) is 6.00. The van der Waals surface area contributed by atoms with Gasteiger partial charge >= 0.3 is 0 Å². The Bertz CT molecular complexity index is 511. The summed E-state index contributed by atoms with van der Waals surface area (Å²) in [5.74, 6) is 5.72. The van der Waals surface area contributed by atoms with Crippen LogP contribution >= 0.6 is 0 Å². The molecule has 2 aromatic rings. The Morgan fingerprint density at radius 1 is 1.15 bits per heavy atom. The Hall–Kier alpha value is -1.71. The van der Waals surface area contributed by atoms with Crippen LogP contribution in [0.15, 0.2) is 48.7 Å². The molecule has 0 aliphatic carbocycles. The molecule has 3 heteroatoms. The van der Waals surface area contributed by atoms with E-state index in [1.807, 2.05) is 12.3 Å². The van der Waals surface area contributed by atoms with Crippen LogP contribution in [0.4, 0.5) is 0 Å². The fraction of sp³-hybridized carbons (Fsp3) is 0.353. The third kappa shape index (κ3) is 3.89. The third-order valence-electron chi connectivity index (χ3n) is 3.64. The molecule has 0 radical (unpaired) electrons. The number of aromatic nitrogens is 1. The summed E-state index contributed by atoms with van der Waals surface area (Å²) in [6, 6.07) is 14.8. The number of pyridine rings is 1. The van der Waals surface area contributed by atoms with E-state index in [4.69, 9.17) is 5.84 Å². The minimum absolute atomic E-state index is 0.134. The van der Waals surface area contributed by atoms with Gasteiger partial charge in [-0.3, -0.25) is 16.3 Å². The number of aryl methyl sites for hydroxylation is 2. The Labute approximate surface area is 121 Å². The molecule has 0 fully saturated rings. The van der Waals surface area contributed by atoms with Crippen molar-refractivity contribution in [2.75, 3.05) is 0 Å². The lowest BCUT2D eigenvalue weighted by molar-refractivity contribution is 0.484. The van der Waals surface area contributed by atoms with E-state index in [1.165, 1.54) is 11.1 Å². The van der Waals surface area contributed by atoms with Crippen LogP contribution in [0, 0.1) is 0 Å². The molecule has 3 nitrogen and oxygen atoms in total. The van der Waals surface area contributed by atoms with Gasteiger partial charge in [-0.1, -0.05) is 43.3 Å². The summed E-state index contributed by atoms with van der Waals surface area (Å²) < 4.78 is 0. The maximum atomic E-state index is 5.72. The normalized spacial score (nSPS) is 12.3. The molecule has 1 atom stereocenters. The zero-order chi connectivity index (χ0) is 14.2. The van der Waals surface area contributed by atoms with Crippen molar-refractivity contribution in [2.45, 2.75) is 38.6 Å². The number of benzene rings is 1. The van der Waals surface area contributed by atoms with Gasteiger partial charge in [0, 0.05) is 6.20 Å². The summed E-state index contributed by atoms with van der Waals surface area (Å²) >= 11 is 0. The van der Waals surface area contributed by atoms with E-state index in [1.54, 1.807) is 0 Å². The van der Waals surface area contributed by atoms with Gasteiger partial charge in [-0.15, -0.1) is 0 Å². The molecule has 106 valence electrons. The second kappa shape index (κ2) is 7.78.